The maximum atomic E-state index is 13.4. The van der Waals surface area contributed by atoms with Crippen molar-refractivity contribution in [3.8, 4) is 11.8 Å². The molecule has 5 heteroatoms. The van der Waals surface area contributed by atoms with Gasteiger partial charge in [0.15, 0.2) is 11.6 Å². The highest BCUT2D eigenvalue weighted by Gasteiger charge is 2.03. The molecular formula is C13H10FN3O. The summed E-state index contributed by atoms with van der Waals surface area (Å²) in [4.78, 5) is 3.91. The molecule has 90 valence electrons. The number of rotatable bonds is 3. The molecule has 0 aliphatic carbocycles. The number of halogens is 1. The predicted molar refractivity (Wildman–Crippen MR) is 65.2 cm³/mol. The zero-order valence-electron chi connectivity index (χ0n) is 9.64. The molecular weight excluding hydrogens is 233 g/mol. The molecule has 0 fully saturated rings. The average Bonchev–Trinajstić information content (AvgIpc) is 2.40. The number of ether oxygens (including phenoxy) is 1. The van der Waals surface area contributed by atoms with Gasteiger partial charge in [-0.15, -0.1) is 0 Å². The molecule has 0 bridgehead atoms. The highest BCUT2D eigenvalue weighted by atomic mass is 19.1. The van der Waals surface area contributed by atoms with Crippen LogP contribution in [-0.4, -0.2) is 12.1 Å². The lowest BCUT2D eigenvalue weighted by atomic mass is 10.2. The molecule has 0 saturated heterocycles. The predicted octanol–water partition coefficient (Wildman–Crippen LogP) is 2.84. The number of nitriles is 1. The summed E-state index contributed by atoms with van der Waals surface area (Å²) in [5, 5.41) is 11.6. The van der Waals surface area contributed by atoms with Gasteiger partial charge in [0.1, 0.15) is 11.8 Å². The number of nitrogens with one attached hydrogen (secondary N) is 1. The van der Waals surface area contributed by atoms with Crippen molar-refractivity contribution in [1.82, 2.24) is 4.98 Å². The summed E-state index contributed by atoms with van der Waals surface area (Å²) in [6.45, 7) is 0. The highest BCUT2D eigenvalue weighted by molar-refractivity contribution is 5.60. The summed E-state index contributed by atoms with van der Waals surface area (Å²) in [7, 11) is 1.41. The standard InChI is InChI=1S/C13H10FN3O/c1-18-13-5-4-9(6-12(13)14)17-11-3-2-10(7-15)16-8-11/h2-6,8,17H,1H3. The van der Waals surface area contributed by atoms with Gasteiger partial charge in [-0.05, 0) is 24.3 Å². The van der Waals surface area contributed by atoms with Crippen molar-refractivity contribution < 1.29 is 9.13 Å². The van der Waals surface area contributed by atoms with Crippen molar-refractivity contribution in [3.63, 3.8) is 0 Å². The second kappa shape index (κ2) is 5.15. The van der Waals surface area contributed by atoms with Crippen molar-refractivity contribution in [2.75, 3.05) is 12.4 Å². The van der Waals surface area contributed by atoms with E-state index in [1.165, 1.54) is 25.4 Å². The maximum absolute atomic E-state index is 13.4. The fourth-order valence-electron chi connectivity index (χ4n) is 1.44. The Hall–Kier alpha value is -2.61. The van der Waals surface area contributed by atoms with Crippen LogP contribution in [-0.2, 0) is 0 Å². The Bertz CT molecular complexity index is 590. The first-order chi connectivity index (χ1) is 8.72. The summed E-state index contributed by atoms with van der Waals surface area (Å²) >= 11 is 0. The van der Waals surface area contributed by atoms with Gasteiger partial charge in [-0.3, -0.25) is 0 Å². The molecule has 4 nitrogen and oxygen atoms in total. The van der Waals surface area contributed by atoms with Gasteiger partial charge in [-0.1, -0.05) is 0 Å². The molecule has 1 aromatic carbocycles. The van der Waals surface area contributed by atoms with Gasteiger partial charge in [0.2, 0.25) is 0 Å². The van der Waals surface area contributed by atoms with Crippen LogP contribution in [0.15, 0.2) is 36.5 Å². The Kier molecular flexibility index (Phi) is 3.39. The number of hydrogen-bond acceptors (Lipinski definition) is 4. The van der Waals surface area contributed by atoms with Crippen LogP contribution in [0.4, 0.5) is 15.8 Å². The third-order valence-corrected chi connectivity index (χ3v) is 2.32. The first-order valence-electron chi connectivity index (χ1n) is 5.19. The Morgan fingerprint density at radius 3 is 2.61 bits per heavy atom. The van der Waals surface area contributed by atoms with Gasteiger partial charge in [0.25, 0.3) is 0 Å². The third kappa shape index (κ3) is 2.55. The molecule has 0 aliphatic heterocycles. The smallest absolute Gasteiger partial charge is 0.167 e. The molecule has 0 unspecified atom stereocenters. The van der Waals surface area contributed by atoms with Crippen LogP contribution >= 0.6 is 0 Å². The SMILES string of the molecule is COc1ccc(Nc2ccc(C#N)nc2)cc1F. The van der Waals surface area contributed by atoms with E-state index in [2.05, 4.69) is 10.3 Å². The van der Waals surface area contributed by atoms with E-state index in [1.807, 2.05) is 6.07 Å². The number of benzene rings is 1. The number of methoxy groups -OCH3 is 1. The summed E-state index contributed by atoms with van der Waals surface area (Å²) < 4.78 is 18.3. The van der Waals surface area contributed by atoms with Gasteiger partial charge in [-0.25, -0.2) is 9.37 Å². The van der Waals surface area contributed by atoms with Crippen LogP contribution in [0.5, 0.6) is 5.75 Å². The monoisotopic (exact) mass is 243 g/mol. The van der Waals surface area contributed by atoms with Gasteiger partial charge in [0.05, 0.1) is 19.0 Å². The number of pyridine rings is 1. The molecule has 1 heterocycles. The summed E-state index contributed by atoms with van der Waals surface area (Å²) in [5.74, 6) is -0.248. The zero-order valence-corrected chi connectivity index (χ0v) is 9.64. The van der Waals surface area contributed by atoms with Crippen LogP contribution in [0.2, 0.25) is 0 Å². The second-order valence-corrected chi connectivity index (χ2v) is 3.52. The fourth-order valence-corrected chi connectivity index (χ4v) is 1.44. The summed E-state index contributed by atoms with van der Waals surface area (Å²) in [6.07, 6.45) is 1.51. The lowest BCUT2D eigenvalue weighted by Crippen LogP contribution is -1.94. The Morgan fingerprint density at radius 2 is 2.06 bits per heavy atom. The Balaban J connectivity index is 2.18. The molecule has 1 aromatic heterocycles. The van der Waals surface area contributed by atoms with Crippen LogP contribution in [0.25, 0.3) is 0 Å². The Labute approximate surface area is 104 Å². The van der Waals surface area contributed by atoms with E-state index in [9.17, 15) is 4.39 Å². The minimum atomic E-state index is -0.441. The first-order valence-corrected chi connectivity index (χ1v) is 5.19. The number of hydrogen-bond donors (Lipinski definition) is 1. The molecule has 2 rings (SSSR count). The average molecular weight is 243 g/mol. The van der Waals surface area contributed by atoms with E-state index in [-0.39, 0.29) is 5.75 Å². The second-order valence-electron chi connectivity index (χ2n) is 3.52. The van der Waals surface area contributed by atoms with Crippen molar-refractivity contribution in [3.05, 3.63) is 48.0 Å². The van der Waals surface area contributed by atoms with Crippen LogP contribution in [0, 0.1) is 17.1 Å². The lowest BCUT2D eigenvalue weighted by molar-refractivity contribution is 0.386. The zero-order chi connectivity index (χ0) is 13.0. The lowest BCUT2D eigenvalue weighted by Gasteiger charge is -2.07. The third-order valence-electron chi connectivity index (χ3n) is 2.32. The first kappa shape index (κ1) is 11.9. The van der Waals surface area contributed by atoms with Crippen LogP contribution in [0.3, 0.4) is 0 Å². The Morgan fingerprint density at radius 1 is 1.28 bits per heavy atom. The summed E-state index contributed by atoms with van der Waals surface area (Å²) in [6, 6.07) is 9.78. The largest absolute Gasteiger partial charge is 0.494 e. The van der Waals surface area contributed by atoms with E-state index in [1.54, 1.807) is 18.2 Å². The summed E-state index contributed by atoms with van der Waals surface area (Å²) in [5.41, 5.74) is 1.60. The number of nitrogens with zero attached hydrogens (tertiary/aromatic N) is 2. The van der Waals surface area contributed by atoms with Crippen molar-refractivity contribution in [1.29, 1.82) is 5.26 Å². The quantitative estimate of drug-likeness (QED) is 0.900. The van der Waals surface area contributed by atoms with Crippen LogP contribution in [0.1, 0.15) is 5.69 Å². The molecule has 2 aromatic rings. The molecule has 0 saturated carbocycles. The van der Waals surface area contributed by atoms with Gasteiger partial charge in [0, 0.05) is 11.8 Å². The van der Waals surface area contributed by atoms with Crippen molar-refractivity contribution in [2.24, 2.45) is 0 Å². The minimum absolute atomic E-state index is 0.193. The van der Waals surface area contributed by atoms with Crippen LogP contribution < -0.4 is 10.1 Å². The molecule has 0 radical (unpaired) electrons. The van der Waals surface area contributed by atoms with E-state index in [0.29, 0.717) is 17.1 Å². The van der Waals surface area contributed by atoms with Crippen molar-refractivity contribution >= 4 is 11.4 Å². The number of aromatic nitrogens is 1. The molecule has 0 aliphatic rings. The molecule has 18 heavy (non-hydrogen) atoms. The van der Waals surface area contributed by atoms with E-state index in [0.717, 1.165) is 0 Å². The molecule has 0 spiro atoms. The van der Waals surface area contributed by atoms with E-state index < -0.39 is 5.82 Å². The van der Waals surface area contributed by atoms with Crippen molar-refractivity contribution in [2.45, 2.75) is 0 Å². The van der Waals surface area contributed by atoms with Gasteiger partial charge in [-0.2, -0.15) is 5.26 Å². The minimum Gasteiger partial charge on any atom is -0.494 e. The van der Waals surface area contributed by atoms with E-state index in [4.69, 9.17) is 10.00 Å². The normalized spacial score (nSPS) is 9.61. The molecule has 0 amide bonds. The van der Waals surface area contributed by atoms with Gasteiger partial charge < -0.3 is 10.1 Å². The maximum Gasteiger partial charge on any atom is 0.167 e. The highest BCUT2D eigenvalue weighted by Crippen LogP contribution is 2.23. The number of anilines is 2. The molecule has 1 N–H and O–H groups in total. The van der Waals surface area contributed by atoms with Gasteiger partial charge >= 0.3 is 0 Å². The van der Waals surface area contributed by atoms with E-state index >= 15 is 0 Å². The fraction of sp³-hybridized carbons (Fsp3) is 0.0769. The topological polar surface area (TPSA) is 57.9 Å². The molecule has 0 atom stereocenters.